The highest BCUT2D eigenvalue weighted by molar-refractivity contribution is 6.02. The lowest BCUT2D eigenvalue weighted by Crippen LogP contribution is -2.30. The zero-order valence-electron chi connectivity index (χ0n) is 13.6. The maximum Gasteiger partial charge on any atom is 0.270 e. The zero-order chi connectivity index (χ0) is 16.2. The first-order chi connectivity index (χ1) is 9.79. The average Bonchev–Trinajstić information content (AvgIpc) is 2.72. The Morgan fingerprint density at radius 2 is 2.00 bits per heavy atom. The van der Waals surface area contributed by atoms with Crippen LogP contribution in [0.15, 0.2) is 0 Å². The van der Waals surface area contributed by atoms with Crippen LogP contribution in [0.1, 0.15) is 65.7 Å². The Balaban J connectivity index is 3.08. The summed E-state index contributed by atoms with van der Waals surface area (Å²) in [7, 11) is 1.71. The number of aromatic amines is 1. The summed E-state index contributed by atoms with van der Waals surface area (Å²) < 4.78 is 0. The van der Waals surface area contributed by atoms with Gasteiger partial charge in [-0.1, -0.05) is 13.3 Å². The van der Waals surface area contributed by atoms with Crippen molar-refractivity contribution in [2.24, 2.45) is 0 Å². The number of aliphatic hydroxyl groups excluding tert-OH is 1. The highest BCUT2D eigenvalue weighted by Gasteiger charge is 2.24. The number of ketones is 1. The lowest BCUT2D eigenvalue weighted by Gasteiger charge is -2.18. The molecule has 1 heterocycles. The molecule has 1 aromatic rings. The molecule has 1 amide bonds. The van der Waals surface area contributed by atoms with E-state index >= 15 is 0 Å². The van der Waals surface area contributed by atoms with E-state index in [4.69, 9.17) is 0 Å². The van der Waals surface area contributed by atoms with Crippen molar-refractivity contribution in [2.45, 2.75) is 53.1 Å². The Bertz CT molecular complexity index is 518. The zero-order valence-corrected chi connectivity index (χ0v) is 13.6. The summed E-state index contributed by atoms with van der Waals surface area (Å²) >= 11 is 0. The van der Waals surface area contributed by atoms with Gasteiger partial charge in [-0.2, -0.15) is 0 Å². The topological polar surface area (TPSA) is 73.4 Å². The largest absolute Gasteiger partial charge is 0.393 e. The van der Waals surface area contributed by atoms with Crippen LogP contribution in [-0.4, -0.2) is 46.4 Å². The highest BCUT2D eigenvalue weighted by atomic mass is 16.3. The van der Waals surface area contributed by atoms with E-state index in [1.165, 1.54) is 6.92 Å². The third kappa shape index (κ3) is 4.17. The molecule has 5 heteroatoms. The van der Waals surface area contributed by atoms with Crippen LogP contribution >= 0.6 is 0 Å². The van der Waals surface area contributed by atoms with Crippen molar-refractivity contribution in [3.05, 3.63) is 22.5 Å². The minimum atomic E-state index is -0.437. The van der Waals surface area contributed by atoms with E-state index in [9.17, 15) is 14.7 Å². The van der Waals surface area contributed by atoms with Gasteiger partial charge in [0.15, 0.2) is 5.78 Å². The predicted octanol–water partition coefficient (Wildman–Crippen LogP) is 2.32. The summed E-state index contributed by atoms with van der Waals surface area (Å²) in [4.78, 5) is 29.0. The molecule has 0 aliphatic rings. The van der Waals surface area contributed by atoms with Crippen molar-refractivity contribution in [3.63, 3.8) is 0 Å². The summed E-state index contributed by atoms with van der Waals surface area (Å²) in [5.74, 6) is -0.146. The smallest absolute Gasteiger partial charge is 0.270 e. The van der Waals surface area contributed by atoms with Crippen molar-refractivity contribution < 1.29 is 14.7 Å². The number of Topliss-reactive ketones (excluding diaryl/α,β-unsaturated/α-hetero) is 1. The third-order valence-electron chi connectivity index (χ3n) is 3.59. The molecule has 1 unspecified atom stereocenters. The van der Waals surface area contributed by atoms with Crippen LogP contribution in [0.4, 0.5) is 0 Å². The molecule has 0 aliphatic carbocycles. The van der Waals surface area contributed by atoms with Crippen LogP contribution in [0.25, 0.3) is 0 Å². The Labute approximate surface area is 126 Å². The molecule has 0 saturated heterocycles. The quantitative estimate of drug-likeness (QED) is 0.758. The fourth-order valence-corrected chi connectivity index (χ4v) is 2.51. The molecule has 118 valence electrons. The van der Waals surface area contributed by atoms with Crippen LogP contribution in [-0.2, 0) is 6.42 Å². The van der Waals surface area contributed by atoms with Gasteiger partial charge in [0.25, 0.3) is 5.91 Å². The molecule has 0 aromatic carbocycles. The lowest BCUT2D eigenvalue weighted by molar-refractivity contribution is 0.0762. The second-order valence-corrected chi connectivity index (χ2v) is 5.65. The van der Waals surface area contributed by atoms with Crippen molar-refractivity contribution in [3.8, 4) is 0 Å². The number of hydrogen-bond donors (Lipinski definition) is 2. The second kappa shape index (κ2) is 7.41. The molecule has 0 bridgehead atoms. The van der Waals surface area contributed by atoms with Crippen LogP contribution in [0.3, 0.4) is 0 Å². The first-order valence-corrected chi connectivity index (χ1v) is 7.45. The number of hydrogen-bond acceptors (Lipinski definition) is 3. The molecule has 1 atom stereocenters. The molecule has 5 nitrogen and oxygen atoms in total. The number of aromatic nitrogens is 1. The number of nitrogens with zero attached hydrogens (tertiary/aromatic N) is 1. The third-order valence-corrected chi connectivity index (χ3v) is 3.59. The number of rotatable bonds is 7. The van der Waals surface area contributed by atoms with E-state index in [1.807, 2.05) is 13.8 Å². The maximum absolute atomic E-state index is 12.5. The molecule has 1 aromatic heterocycles. The number of aryl methyl sites for hydroxylation is 1. The van der Waals surface area contributed by atoms with Gasteiger partial charge in [0.1, 0.15) is 5.69 Å². The van der Waals surface area contributed by atoms with Crippen molar-refractivity contribution in [1.29, 1.82) is 0 Å². The van der Waals surface area contributed by atoms with Crippen molar-refractivity contribution >= 4 is 11.7 Å². The SMILES string of the molecule is CCCc1c(C(=O)N(C)CCC(C)O)[nH]c(C)c1C(C)=O. The van der Waals surface area contributed by atoms with Gasteiger partial charge in [0, 0.05) is 24.8 Å². The van der Waals surface area contributed by atoms with E-state index in [0.29, 0.717) is 30.6 Å². The van der Waals surface area contributed by atoms with Gasteiger partial charge in [-0.05, 0) is 39.2 Å². The second-order valence-electron chi connectivity index (χ2n) is 5.65. The first kappa shape index (κ1) is 17.4. The van der Waals surface area contributed by atoms with Crippen LogP contribution in [0, 0.1) is 6.92 Å². The minimum absolute atomic E-state index is 0.0158. The number of carbonyl (C=O) groups is 2. The fourth-order valence-electron chi connectivity index (χ4n) is 2.51. The maximum atomic E-state index is 12.5. The number of nitrogens with one attached hydrogen (secondary N) is 1. The number of H-pyrrole nitrogens is 1. The molecular formula is C16H26N2O3. The van der Waals surface area contributed by atoms with Crippen LogP contribution in [0.5, 0.6) is 0 Å². The van der Waals surface area contributed by atoms with Gasteiger partial charge in [-0.15, -0.1) is 0 Å². The Morgan fingerprint density at radius 1 is 1.38 bits per heavy atom. The predicted molar refractivity (Wildman–Crippen MR) is 82.8 cm³/mol. The normalized spacial score (nSPS) is 12.3. The number of aliphatic hydroxyl groups is 1. The molecule has 0 saturated carbocycles. The summed E-state index contributed by atoms with van der Waals surface area (Å²) in [5, 5.41) is 9.32. The molecule has 1 rings (SSSR count). The molecule has 0 spiro atoms. The number of amides is 1. The lowest BCUT2D eigenvalue weighted by atomic mass is 10.0. The van der Waals surface area contributed by atoms with E-state index < -0.39 is 6.10 Å². The van der Waals surface area contributed by atoms with E-state index in [1.54, 1.807) is 18.9 Å². The first-order valence-electron chi connectivity index (χ1n) is 7.45. The molecular weight excluding hydrogens is 268 g/mol. The molecule has 0 aliphatic heterocycles. The summed E-state index contributed by atoms with van der Waals surface area (Å²) in [5.41, 5.74) is 2.71. The standard InChI is InChI=1S/C16H26N2O3/c1-6-7-13-14(12(4)20)11(3)17-15(13)16(21)18(5)9-8-10(2)19/h10,17,19H,6-9H2,1-5H3. The van der Waals surface area contributed by atoms with Gasteiger partial charge in [0.05, 0.1) is 6.10 Å². The summed E-state index contributed by atoms with van der Waals surface area (Å²) in [6.07, 6.45) is 1.67. The van der Waals surface area contributed by atoms with Gasteiger partial charge < -0.3 is 15.0 Å². The Morgan fingerprint density at radius 3 is 2.48 bits per heavy atom. The molecule has 21 heavy (non-hydrogen) atoms. The van der Waals surface area contributed by atoms with Crippen molar-refractivity contribution in [2.75, 3.05) is 13.6 Å². The van der Waals surface area contributed by atoms with Gasteiger partial charge in [-0.3, -0.25) is 9.59 Å². The van der Waals surface area contributed by atoms with Crippen LogP contribution in [0.2, 0.25) is 0 Å². The van der Waals surface area contributed by atoms with Gasteiger partial charge >= 0.3 is 0 Å². The minimum Gasteiger partial charge on any atom is -0.393 e. The van der Waals surface area contributed by atoms with Gasteiger partial charge in [0.2, 0.25) is 0 Å². The highest BCUT2D eigenvalue weighted by Crippen LogP contribution is 2.22. The average molecular weight is 294 g/mol. The summed E-state index contributed by atoms with van der Waals surface area (Å²) in [6, 6.07) is 0. The monoisotopic (exact) mass is 294 g/mol. The van der Waals surface area contributed by atoms with E-state index in [2.05, 4.69) is 4.98 Å². The Kier molecular flexibility index (Phi) is 6.15. The Hall–Kier alpha value is -1.62. The summed E-state index contributed by atoms with van der Waals surface area (Å²) in [6.45, 7) is 7.56. The van der Waals surface area contributed by atoms with Crippen molar-refractivity contribution in [1.82, 2.24) is 9.88 Å². The molecule has 0 radical (unpaired) electrons. The van der Waals surface area contributed by atoms with E-state index in [-0.39, 0.29) is 11.7 Å². The van der Waals surface area contributed by atoms with Crippen LogP contribution < -0.4 is 0 Å². The van der Waals surface area contributed by atoms with Gasteiger partial charge in [-0.25, -0.2) is 0 Å². The fraction of sp³-hybridized carbons (Fsp3) is 0.625. The molecule has 2 N–H and O–H groups in total. The number of carbonyl (C=O) groups excluding carboxylic acids is 2. The molecule has 0 fully saturated rings. The van der Waals surface area contributed by atoms with E-state index in [0.717, 1.165) is 17.7 Å².